The van der Waals surface area contributed by atoms with E-state index in [4.69, 9.17) is 14.6 Å². The van der Waals surface area contributed by atoms with Crippen LogP contribution in [-0.2, 0) is 14.3 Å². The number of carbonyl (C=O) groups excluding carboxylic acids is 1. The molecule has 0 bridgehead atoms. The summed E-state index contributed by atoms with van der Waals surface area (Å²) < 4.78 is 11.3. The lowest BCUT2D eigenvalue weighted by Gasteiger charge is -2.50. The SMILES string of the molecule is C=C1CCC[C@]2(C)C[C@H]3OC(=O)[C@@H](CN4CCN(CCOCCO)CC4)[C@H]3C[C@@H]12. The van der Waals surface area contributed by atoms with Crippen LogP contribution in [-0.4, -0.2) is 86.1 Å². The number of esters is 1. The van der Waals surface area contributed by atoms with Gasteiger partial charge in [-0.1, -0.05) is 19.1 Å². The molecule has 4 fully saturated rings. The van der Waals surface area contributed by atoms with Crippen LogP contribution in [0.1, 0.15) is 39.0 Å². The Bertz CT molecular complexity index is 604. The molecule has 2 heterocycles. The minimum Gasteiger partial charge on any atom is -0.462 e. The van der Waals surface area contributed by atoms with Crippen molar-refractivity contribution >= 4 is 5.97 Å². The van der Waals surface area contributed by atoms with Gasteiger partial charge >= 0.3 is 5.97 Å². The van der Waals surface area contributed by atoms with Gasteiger partial charge in [-0.3, -0.25) is 14.6 Å². The van der Waals surface area contributed by atoms with E-state index in [1.165, 1.54) is 18.4 Å². The molecule has 2 aliphatic heterocycles. The van der Waals surface area contributed by atoms with Gasteiger partial charge in [0.2, 0.25) is 0 Å². The molecule has 29 heavy (non-hydrogen) atoms. The molecule has 0 aromatic heterocycles. The van der Waals surface area contributed by atoms with Crippen molar-refractivity contribution in [3.05, 3.63) is 12.2 Å². The lowest BCUT2D eigenvalue weighted by molar-refractivity contribution is -0.146. The lowest BCUT2D eigenvalue weighted by atomic mass is 9.55. The maximum absolute atomic E-state index is 12.8. The highest BCUT2D eigenvalue weighted by atomic mass is 16.6. The van der Waals surface area contributed by atoms with Crippen LogP contribution >= 0.6 is 0 Å². The molecule has 6 heteroatoms. The van der Waals surface area contributed by atoms with Crippen molar-refractivity contribution < 1.29 is 19.4 Å². The van der Waals surface area contributed by atoms with E-state index < -0.39 is 0 Å². The zero-order valence-corrected chi connectivity index (χ0v) is 18.0. The van der Waals surface area contributed by atoms with Crippen LogP contribution in [0.3, 0.4) is 0 Å². The van der Waals surface area contributed by atoms with Gasteiger partial charge in [-0.25, -0.2) is 0 Å². The molecular formula is C23H38N2O4. The molecule has 2 saturated heterocycles. The largest absolute Gasteiger partial charge is 0.462 e. The molecule has 0 aromatic carbocycles. The van der Waals surface area contributed by atoms with Crippen molar-refractivity contribution in [2.45, 2.75) is 45.1 Å². The van der Waals surface area contributed by atoms with Gasteiger partial charge in [-0.15, -0.1) is 0 Å². The summed E-state index contributed by atoms with van der Waals surface area (Å²) in [5.74, 6) is 0.983. The van der Waals surface area contributed by atoms with E-state index in [-0.39, 0.29) is 30.0 Å². The second-order valence-corrected chi connectivity index (χ2v) is 9.88. The fourth-order valence-electron chi connectivity index (χ4n) is 6.30. The van der Waals surface area contributed by atoms with Gasteiger partial charge in [-0.05, 0) is 43.4 Å². The van der Waals surface area contributed by atoms with Crippen LogP contribution in [0.5, 0.6) is 0 Å². The van der Waals surface area contributed by atoms with Crippen LogP contribution in [0.2, 0.25) is 0 Å². The summed E-state index contributed by atoms with van der Waals surface area (Å²) in [6.45, 7) is 13.7. The topological polar surface area (TPSA) is 62.2 Å². The Morgan fingerprint density at radius 2 is 2.00 bits per heavy atom. The summed E-state index contributed by atoms with van der Waals surface area (Å²) in [4.78, 5) is 17.6. The Kier molecular flexibility index (Phi) is 6.64. The van der Waals surface area contributed by atoms with Crippen molar-refractivity contribution in [2.75, 3.05) is 59.1 Å². The third-order valence-corrected chi connectivity index (χ3v) is 8.03. The molecule has 4 aliphatic rings. The minimum atomic E-state index is 0.0266. The van der Waals surface area contributed by atoms with Crippen molar-refractivity contribution in [1.29, 1.82) is 0 Å². The predicted octanol–water partition coefficient (Wildman–Crippen LogP) is 1.93. The van der Waals surface area contributed by atoms with E-state index in [1.807, 2.05) is 0 Å². The highest BCUT2D eigenvalue weighted by Gasteiger charge is 2.55. The molecule has 1 N–H and O–H groups in total. The number of nitrogens with zero attached hydrogens (tertiary/aromatic N) is 2. The lowest BCUT2D eigenvalue weighted by Crippen LogP contribution is -2.50. The zero-order chi connectivity index (χ0) is 20.4. The van der Waals surface area contributed by atoms with Crippen molar-refractivity contribution in [3.63, 3.8) is 0 Å². The molecular weight excluding hydrogens is 368 g/mol. The monoisotopic (exact) mass is 406 g/mol. The number of carbonyl (C=O) groups is 1. The summed E-state index contributed by atoms with van der Waals surface area (Å²) >= 11 is 0. The average Bonchev–Trinajstić information content (AvgIpc) is 2.99. The molecule has 2 saturated carbocycles. The van der Waals surface area contributed by atoms with E-state index in [0.717, 1.165) is 58.5 Å². The molecule has 0 spiro atoms. The van der Waals surface area contributed by atoms with Gasteiger partial charge in [0.15, 0.2) is 0 Å². The molecule has 0 radical (unpaired) electrons. The summed E-state index contributed by atoms with van der Waals surface area (Å²) in [7, 11) is 0. The number of hydrogen-bond acceptors (Lipinski definition) is 6. The molecule has 5 atom stereocenters. The minimum absolute atomic E-state index is 0.0266. The van der Waals surface area contributed by atoms with Crippen LogP contribution in [0.4, 0.5) is 0 Å². The number of aliphatic hydroxyl groups is 1. The number of piperazine rings is 1. The highest BCUT2D eigenvalue weighted by Crippen LogP contribution is 2.56. The number of ether oxygens (including phenoxy) is 2. The van der Waals surface area contributed by atoms with E-state index >= 15 is 0 Å². The summed E-state index contributed by atoms with van der Waals surface area (Å²) in [6.07, 6.45) is 5.84. The highest BCUT2D eigenvalue weighted by molar-refractivity contribution is 5.75. The molecule has 4 rings (SSSR count). The Morgan fingerprint density at radius 1 is 1.24 bits per heavy atom. The smallest absolute Gasteiger partial charge is 0.310 e. The maximum Gasteiger partial charge on any atom is 0.310 e. The van der Waals surface area contributed by atoms with Crippen LogP contribution < -0.4 is 0 Å². The molecule has 0 amide bonds. The zero-order valence-electron chi connectivity index (χ0n) is 18.0. The molecule has 2 aliphatic carbocycles. The third kappa shape index (κ3) is 4.55. The van der Waals surface area contributed by atoms with Crippen molar-refractivity contribution in [2.24, 2.45) is 23.2 Å². The summed E-state index contributed by atoms with van der Waals surface area (Å²) in [6, 6.07) is 0. The first kappa shape index (κ1) is 21.3. The van der Waals surface area contributed by atoms with Gasteiger partial charge in [0.1, 0.15) is 6.10 Å². The molecule has 164 valence electrons. The number of rotatable bonds is 7. The maximum atomic E-state index is 12.8. The number of hydrogen-bond donors (Lipinski definition) is 1. The number of fused-ring (bicyclic) bond motifs is 2. The summed E-state index contributed by atoms with van der Waals surface area (Å²) in [5.41, 5.74) is 1.68. The molecule has 0 unspecified atom stereocenters. The normalized spacial score (nSPS) is 38.6. The van der Waals surface area contributed by atoms with Gasteiger partial charge in [0.05, 0.1) is 25.7 Å². The number of aliphatic hydroxyl groups excluding tert-OH is 1. The van der Waals surface area contributed by atoms with Gasteiger partial charge in [0, 0.05) is 45.2 Å². The fraction of sp³-hybridized carbons (Fsp3) is 0.870. The third-order valence-electron chi connectivity index (χ3n) is 8.03. The van der Waals surface area contributed by atoms with Crippen molar-refractivity contribution in [1.82, 2.24) is 9.80 Å². The van der Waals surface area contributed by atoms with Gasteiger partial charge in [0.25, 0.3) is 0 Å². The average molecular weight is 407 g/mol. The Morgan fingerprint density at radius 3 is 2.76 bits per heavy atom. The van der Waals surface area contributed by atoms with E-state index in [0.29, 0.717) is 25.0 Å². The number of allylic oxidation sites excluding steroid dienone is 1. The van der Waals surface area contributed by atoms with Crippen LogP contribution in [0, 0.1) is 23.2 Å². The molecule has 0 aromatic rings. The van der Waals surface area contributed by atoms with Crippen LogP contribution in [0.15, 0.2) is 12.2 Å². The first-order chi connectivity index (χ1) is 14.0. The fourth-order valence-corrected chi connectivity index (χ4v) is 6.30. The van der Waals surface area contributed by atoms with Gasteiger partial charge < -0.3 is 14.6 Å². The summed E-state index contributed by atoms with van der Waals surface area (Å²) in [5, 5.41) is 8.78. The second kappa shape index (κ2) is 9.04. The van der Waals surface area contributed by atoms with Crippen LogP contribution in [0.25, 0.3) is 0 Å². The first-order valence-corrected chi connectivity index (χ1v) is 11.5. The predicted molar refractivity (Wildman–Crippen MR) is 111 cm³/mol. The van der Waals surface area contributed by atoms with E-state index in [2.05, 4.69) is 23.3 Å². The second-order valence-electron chi connectivity index (χ2n) is 9.88. The first-order valence-electron chi connectivity index (χ1n) is 11.5. The van der Waals surface area contributed by atoms with Gasteiger partial charge in [-0.2, -0.15) is 0 Å². The molecule has 6 nitrogen and oxygen atoms in total. The van der Waals surface area contributed by atoms with E-state index in [1.54, 1.807) is 0 Å². The van der Waals surface area contributed by atoms with E-state index in [9.17, 15) is 4.79 Å². The Hall–Kier alpha value is -0.950. The Balaban J connectivity index is 1.30. The Labute approximate surface area is 175 Å². The quantitative estimate of drug-likeness (QED) is 0.396. The standard InChI is InChI=1S/C23H38N2O4/c1-17-4-3-5-23(2)15-21-18(14-20(17)23)19(22(27)29-21)16-25-8-6-24(7-9-25)10-12-28-13-11-26/h18-21,26H,1,3-16H2,2H3/t18-,19+,20+,21-,23-/m1/s1. The van der Waals surface area contributed by atoms with Crippen molar-refractivity contribution in [3.8, 4) is 0 Å².